The second kappa shape index (κ2) is 3.58. The highest BCUT2D eigenvalue weighted by Gasteiger charge is 2.35. The Hall–Kier alpha value is -1.82. The van der Waals surface area contributed by atoms with Gasteiger partial charge in [0, 0.05) is 5.41 Å². The van der Waals surface area contributed by atoms with Gasteiger partial charge >= 0.3 is 0 Å². The summed E-state index contributed by atoms with van der Waals surface area (Å²) in [4.78, 5) is 0. The number of hydrogen-bond acceptors (Lipinski definition) is 0. The molecular formula is C18H18. The lowest BCUT2D eigenvalue weighted by Crippen LogP contribution is -2.15. The summed E-state index contributed by atoms with van der Waals surface area (Å²) in [5, 5.41) is 0. The molecule has 18 heavy (non-hydrogen) atoms. The van der Waals surface area contributed by atoms with E-state index in [0.717, 1.165) is 0 Å². The largest absolute Gasteiger partial charge is 0.0985 e. The van der Waals surface area contributed by atoms with Gasteiger partial charge < -0.3 is 0 Å². The number of hydrogen-bond donors (Lipinski definition) is 0. The number of aryl methyl sites for hydroxylation is 1. The lowest BCUT2D eigenvalue weighted by Gasteiger charge is -2.22. The molecule has 0 spiro atoms. The second-order valence-corrected chi connectivity index (χ2v) is 5.68. The van der Waals surface area contributed by atoms with E-state index in [1.54, 1.807) is 0 Å². The summed E-state index contributed by atoms with van der Waals surface area (Å²) in [7, 11) is 0. The summed E-state index contributed by atoms with van der Waals surface area (Å²) in [6.45, 7) is 10.6. The van der Waals surface area contributed by atoms with Crippen LogP contribution >= 0.6 is 0 Å². The monoisotopic (exact) mass is 234 g/mol. The first-order valence-electron chi connectivity index (χ1n) is 6.42. The molecule has 0 saturated carbocycles. The lowest BCUT2D eigenvalue weighted by molar-refractivity contribution is 0.659. The van der Waals surface area contributed by atoms with Crippen molar-refractivity contribution in [3.8, 4) is 11.1 Å². The Morgan fingerprint density at radius 3 is 2.22 bits per heavy atom. The van der Waals surface area contributed by atoms with Crippen LogP contribution in [-0.2, 0) is 5.41 Å². The van der Waals surface area contributed by atoms with Crippen LogP contribution in [0.3, 0.4) is 0 Å². The van der Waals surface area contributed by atoms with Crippen molar-refractivity contribution in [2.24, 2.45) is 0 Å². The van der Waals surface area contributed by atoms with Crippen LogP contribution in [0, 0.1) is 6.92 Å². The lowest BCUT2D eigenvalue weighted by atomic mass is 9.81. The van der Waals surface area contributed by atoms with E-state index in [1.165, 1.54) is 33.4 Å². The molecule has 0 fully saturated rings. The van der Waals surface area contributed by atoms with Gasteiger partial charge in [-0.2, -0.15) is 0 Å². The van der Waals surface area contributed by atoms with Crippen molar-refractivity contribution < 1.29 is 0 Å². The maximum absolute atomic E-state index is 3.87. The van der Waals surface area contributed by atoms with Gasteiger partial charge in [-0.25, -0.2) is 0 Å². The first kappa shape index (κ1) is 11.3. The van der Waals surface area contributed by atoms with E-state index >= 15 is 0 Å². The van der Waals surface area contributed by atoms with Crippen LogP contribution in [0.1, 0.15) is 36.1 Å². The zero-order valence-electron chi connectivity index (χ0n) is 11.2. The Morgan fingerprint density at radius 2 is 1.56 bits per heavy atom. The topological polar surface area (TPSA) is 0 Å². The fourth-order valence-electron chi connectivity index (χ4n) is 3.00. The molecule has 3 rings (SSSR count). The molecular weight excluding hydrogens is 216 g/mol. The molecule has 90 valence electrons. The third-order valence-electron chi connectivity index (χ3n) is 4.09. The summed E-state index contributed by atoms with van der Waals surface area (Å²) < 4.78 is 0. The quantitative estimate of drug-likeness (QED) is 0.655. The highest BCUT2D eigenvalue weighted by molar-refractivity contribution is 5.82. The van der Waals surface area contributed by atoms with Crippen molar-refractivity contribution in [3.05, 3.63) is 65.2 Å². The van der Waals surface area contributed by atoms with Crippen LogP contribution in [0.2, 0.25) is 0 Å². The molecule has 0 aliphatic heterocycles. The minimum Gasteiger partial charge on any atom is -0.0985 e. The minimum absolute atomic E-state index is 0.0930. The molecule has 0 nitrogen and oxygen atoms in total. The molecule has 0 N–H and O–H groups in total. The molecule has 0 bridgehead atoms. The van der Waals surface area contributed by atoms with E-state index in [-0.39, 0.29) is 5.41 Å². The van der Waals surface area contributed by atoms with E-state index in [1.807, 2.05) is 6.08 Å². The van der Waals surface area contributed by atoms with Gasteiger partial charge in [0.15, 0.2) is 0 Å². The molecule has 0 aromatic heterocycles. The molecule has 1 aliphatic rings. The minimum atomic E-state index is 0.0930. The summed E-state index contributed by atoms with van der Waals surface area (Å²) >= 11 is 0. The van der Waals surface area contributed by atoms with Gasteiger partial charge in [0.2, 0.25) is 0 Å². The predicted molar refractivity (Wildman–Crippen MR) is 78.8 cm³/mol. The van der Waals surface area contributed by atoms with Gasteiger partial charge in [0.05, 0.1) is 0 Å². The van der Waals surface area contributed by atoms with E-state index in [2.05, 4.69) is 63.7 Å². The van der Waals surface area contributed by atoms with Crippen molar-refractivity contribution >= 4 is 6.08 Å². The standard InChI is InChI=1S/C18H18/c1-5-13-7-9-15-14-8-6-12(2)10-16(14)18(3,4)17(15)11-13/h5-11H,1H2,2-4H3. The Kier molecular flexibility index (Phi) is 2.25. The van der Waals surface area contributed by atoms with Crippen molar-refractivity contribution in [2.45, 2.75) is 26.2 Å². The fourth-order valence-corrected chi connectivity index (χ4v) is 3.00. The number of fused-ring (bicyclic) bond motifs is 3. The van der Waals surface area contributed by atoms with Gasteiger partial charge in [0.1, 0.15) is 0 Å². The molecule has 0 amide bonds. The van der Waals surface area contributed by atoms with Crippen LogP contribution in [0.15, 0.2) is 43.0 Å². The maximum atomic E-state index is 3.87. The average Bonchev–Trinajstić information content (AvgIpc) is 2.58. The van der Waals surface area contributed by atoms with Crippen LogP contribution in [-0.4, -0.2) is 0 Å². The summed E-state index contributed by atoms with van der Waals surface area (Å²) in [5.41, 5.74) is 8.25. The van der Waals surface area contributed by atoms with E-state index in [4.69, 9.17) is 0 Å². The van der Waals surface area contributed by atoms with Crippen LogP contribution < -0.4 is 0 Å². The normalized spacial score (nSPS) is 15.1. The SMILES string of the molecule is C=Cc1ccc2c(c1)C(C)(C)c1cc(C)ccc1-2. The van der Waals surface area contributed by atoms with E-state index in [9.17, 15) is 0 Å². The van der Waals surface area contributed by atoms with Gasteiger partial charge in [-0.05, 0) is 34.7 Å². The highest BCUT2D eigenvalue weighted by Crippen LogP contribution is 2.49. The van der Waals surface area contributed by atoms with E-state index in [0.29, 0.717) is 0 Å². The fraction of sp³-hybridized carbons (Fsp3) is 0.222. The Morgan fingerprint density at radius 1 is 0.944 bits per heavy atom. The van der Waals surface area contributed by atoms with Crippen molar-refractivity contribution in [3.63, 3.8) is 0 Å². The van der Waals surface area contributed by atoms with Crippen LogP contribution in [0.5, 0.6) is 0 Å². The first-order chi connectivity index (χ1) is 8.54. The van der Waals surface area contributed by atoms with Crippen LogP contribution in [0.25, 0.3) is 17.2 Å². The highest BCUT2D eigenvalue weighted by atomic mass is 14.4. The smallest absolute Gasteiger partial charge is 0.0159 e. The summed E-state index contributed by atoms with van der Waals surface area (Å²) in [6, 6.07) is 13.4. The third kappa shape index (κ3) is 1.38. The van der Waals surface area contributed by atoms with Crippen molar-refractivity contribution in [2.75, 3.05) is 0 Å². The Bertz CT molecular complexity index is 645. The van der Waals surface area contributed by atoms with Gasteiger partial charge in [0.25, 0.3) is 0 Å². The molecule has 2 aromatic carbocycles. The number of rotatable bonds is 1. The molecule has 0 saturated heterocycles. The van der Waals surface area contributed by atoms with Crippen molar-refractivity contribution in [1.29, 1.82) is 0 Å². The maximum Gasteiger partial charge on any atom is 0.0159 e. The molecule has 0 heteroatoms. The summed E-state index contributed by atoms with van der Waals surface area (Å²) in [5.74, 6) is 0. The summed E-state index contributed by atoms with van der Waals surface area (Å²) in [6.07, 6.45) is 1.92. The van der Waals surface area contributed by atoms with Gasteiger partial charge in [-0.1, -0.05) is 68.5 Å². The molecule has 1 aliphatic carbocycles. The number of benzene rings is 2. The second-order valence-electron chi connectivity index (χ2n) is 5.68. The zero-order valence-corrected chi connectivity index (χ0v) is 11.2. The van der Waals surface area contributed by atoms with Gasteiger partial charge in [-0.3, -0.25) is 0 Å². The molecule has 0 radical (unpaired) electrons. The molecule has 0 atom stereocenters. The Balaban J connectivity index is 2.34. The Labute approximate surface area is 109 Å². The van der Waals surface area contributed by atoms with E-state index < -0.39 is 0 Å². The predicted octanol–water partition coefficient (Wildman–Crippen LogP) is 4.94. The first-order valence-corrected chi connectivity index (χ1v) is 6.42. The van der Waals surface area contributed by atoms with Crippen molar-refractivity contribution in [1.82, 2.24) is 0 Å². The average molecular weight is 234 g/mol. The third-order valence-corrected chi connectivity index (χ3v) is 4.09. The van der Waals surface area contributed by atoms with Gasteiger partial charge in [-0.15, -0.1) is 0 Å². The molecule has 0 unspecified atom stereocenters. The molecule has 2 aromatic rings. The molecule has 0 heterocycles. The zero-order chi connectivity index (χ0) is 12.9. The van der Waals surface area contributed by atoms with Crippen LogP contribution in [0.4, 0.5) is 0 Å².